The molecule has 3 unspecified atom stereocenters. The Morgan fingerprint density at radius 3 is 2.67 bits per heavy atom. The number of rotatable bonds is 7. The number of hydrogen-bond acceptors (Lipinski definition) is 9. The highest BCUT2D eigenvalue weighted by Gasteiger charge is 2.44. The number of imidazole rings is 1. The fourth-order valence-electron chi connectivity index (χ4n) is 4.67. The minimum atomic E-state index is -1.21. The summed E-state index contributed by atoms with van der Waals surface area (Å²) in [7, 11) is 0. The lowest BCUT2D eigenvalue weighted by Crippen LogP contribution is -2.38. The number of aliphatic hydroxyl groups excluding tert-OH is 3. The molecule has 3 heterocycles. The van der Waals surface area contributed by atoms with Crippen molar-refractivity contribution in [1.82, 2.24) is 19.5 Å². The van der Waals surface area contributed by atoms with Gasteiger partial charge in [-0.1, -0.05) is 43.2 Å². The van der Waals surface area contributed by atoms with E-state index in [9.17, 15) is 15.3 Å². The van der Waals surface area contributed by atoms with Gasteiger partial charge in [0.2, 0.25) is 0 Å². The summed E-state index contributed by atoms with van der Waals surface area (Å²) in [4.78, 5) is 13.2. The Kier molecular flexibility index (Phi) is 6.52. The van der Waals surface area contributed by atoms with Gasteiger partial charge in [-0.2, -0.15) is 0 Å². The summed E-state index contributed by atoms with van der Waals surface area (Å²) < 4.78 is 13.5. The van der Waals surface area contributed by atoms with Crippen molar-refractivity contribution < 1.29 is 24.8 Å². The largest absolute Gasteiger partial charge is 0.394 e. The van der Waals surface area contributed by atoms with Crippen LogP contribution in [0.15, 0.2) is 43.0 Å². The van der Waals surface area contributed by atoms with Gasteiger partial charge in [-0.15, -0.1) is 0 Å². The molecule has 0 radical (unpaired) electrons. The van der Waals surface area contributed by atoms with Gasteiger partial charge in [0.05, 0.1) is 31.7 Å². The van der Waals surface area contributed by atoms with E-state index in [2.05, 4.69) is 32.4 Å². The molecule has 33 heavy (non-hydrogen) atoms. The minimum Gasteiger partial charge on any atom is -0.394 e. The maximum Gasteiger partial charge on any atom is 0.167 e. The molecular weight excluding hydrogens is 426 g/mol. The van der Waals surface area contributed by atoms with Crippen LogP contribution in [0, 0.1) is 0 Å². The van der Waals surface area contributed by atoms with E-state index in [1.54, 1.807) is 4.57 Å². The molecular formula is C23H29N5O5. The highest BCUT2D eigenvalue weighted by atomic mass is 16.6. The first-order valence-corrected chi connectivity index (χ1v) is 11.4. The highest BCUT2D eigenvalue weighted by molar-refractivity contribution is 5.82. The third kappa shape index (κ3) is 4.44. The molecule has 10 heteroatoms. The zero-order valence-corrected chi connectivity index (χ0v) is 18.2. The van der Waals surface area contributed by atoms with Crippen molar-refractivity contribution >= 4 is 17.0 Å². The van der Waals surface area contributed by atoms with Crippen molar-refractivity contribution in [2.45, 2.75) is 69.0 Å². The van der Waals surface area contributed by atoms with Crippen LogP contribution in [0.1, 0.15) is 37.5 Å². The van der Waals surface area contributed by atoms with Crippen molar-refractivity contribution in [3.8, 4) is 0 Å². The number of fused-ring (bicyclic) bond motifs is 1. The normalized spacial score (nSPS) is 30.0. The number of aliphatic hydroxyl groups is 3. The molecule has 0 bridgehead atoms. The molecule has 0 spiro atoms. The van der Waals surface area contributed by atoms with Gasteiger partial charge in [-0.3, -0.25) is 4.57 Å². The molecule has 1 saturated carbocycles. The third-order valence-electron chi connectivity index (χ3n) is 6.48. The lowest BCUT2D eigenvalue weighted by atomic mass is 9.92. The monoisotopic (exact) mass is 455 g/mol. The quantitative estimate of drug-likeness (QED) is 0.417. The van der Waals surface area contributed by atoms with Crippen LogP contribution < -0.4 is 5.32 Å². The lowest BCUT2D eigenvalue weighted by Gasteiger charge is -2.32. The summed E-state index contributed by atoms with van der Waals surface area (Å²) in [6.07, 6.45) is 2.98. The molecule has 10 nitrogen and oxygen atoms in total. The predicted octanol–water partition coefficient (Wildman–Crippen LogP) is 1.38. The first-order chi connectivity index (χ1) is 16.2. The molecule has 1 aliphatic carbocycles. The average molecular weight is 456 g/mol. The Hall–Kier alpha value is -2.63. The van der Waals surface area contributed by atoms with Gasteiger partial charge < -0.3 is 30.1 Å². The molecule has 3 aromatic rings. The van der Waals surface area contributed by atoms with Crippen LogP contribution in [0.2, 0.25) is 0 Å². The van der Waals surface area contributed by atoms with Crippen LogP contribution in [-0.2, 0) is 16.1 Å². The first kappa shape index (κ1) is 22.2. The molecule has 1 aromatic carbocycles. The third-order valence-corrected chi connectivity index (χ3v) is 6.48. The van der Waals surface area contributed by atoms with E-state index < -0.39 is 31.1 Å². The van der Waals surface area contributed by atoms with Gasteiger partial charge in [0.15, 0.2) is 23.2 Å². The molecule has 5 rings (SSSR count). The van der Waals surface area contributed by atoms with Crippen molar-refractivity contribution in [2.75, 3.05) is 11.9 Å². The summed E-state index contributed by atoms with van der Waals surface area (Å²) in [5.74, 6) is 0.589. The van der Waals surface area contributed by atoms with Crippen LogP contribution >= 0.6 is 0 Å². The van der Waals surface area contributed by atoms with E-state index in [1.165, 1.54) is 12.7 Å². The Balaban J connectivity index is 1.34. The van der Waals surface area contributed by atoms with Gasteiger partial charge in [-0.25, -0.2) is 15.0 Å². The number of anilines is 1. The van der Waals surface area contributed by atoms with Crippen molar-refractivity contribution in [2.24, 2.45) is 0 Å². The Labute approximate surface area is 191 Å². The summed E-state index contributed by atoms with van der Waals surface area (Å²) in [5.41, 5.74) is 2.16. The smallest absolute Gasteiger partial charge is 0.167 e. The SMILES string of the molecule is OCC1OC(n2cnc3c(N[C@H]4CCCCC4OCc4ccccc4)ncnc32)[C@H](O)[C@@H]1O. The van der Waals surface area contributed by atoms with Gasteiger partial charge in [0.1, 0.15) is 24.6 Å². The summed E-state index contributed by atoms with van der Waals surface area (Å²) in [6.45, 7) is 0.165. The Morgan fingerprint density at radius 1 is 1.06 bits per heavy atom. The molecule has 4 N–H and O–H groups in total. The fourth-order valence-corrected chi connectivity index (χ4v) is 4.67. The predicted molar refractivity (Wildman–Crippen MR) is 119 cm³/mol. The lowest BCUT2D eigenvalue weighted by molar-refractivity contribution is -0.0511. The van der Waals surface area contributed by atoms with Crippen LogP contribution in [0.25, 0.3) is 11.2 Å². The summed E-state index contributed by atoms with van der Waals surface area (Å²) >= 11 is 0. The molecule has 176 valence electrons. The minimum absolute atomic E-state index is 0.0477. The van der Waals surface area contributed by atoms with Gasteiger partial charge in [0.25, 0.3) is 0 Å². The average Bonchev–Trinajstić information content (AvgIpc) is 3.40. The van der Waals surface area contributed by atoms with Crippen LogP contribution in [-0.4, -0.2) is 71.9 Å². The number of nitrogens with one attached hydrogen (secondary N) is 1. The fraction of sp³-hybridized carbons (Fsp3) is 0.522. The van der Waals surface area contributed by atoms with E-state index >= 15 is 0 Å². The topological polar surface area (TPSA) is 135 Å². The van der Waals surface area contributed by atoms with Crippen LogP contribution in [0.4, 0.5) is 5.82 Å². The molecule has 0 amide bonds. The maximum atomic E-state index is 10.4. The molecule has 2 fully saturated rings. The number of ether oxygens (including phenoxy) is 2. The molecule has 1 saturated heterocycles. The van der Waals surface area contributed by atoms with E-state index in [0.29, 0.717) is 23.6 Å². The van der Waals surface area contributed by atoms with E-state index in [1.807, 2.05) is 18.2 Å². The standard InChI is InChI=1S/C23H29N5O5/c29-10-17-19(30)20(31)23(33-17)28-13-26-18-21(24-12-25-22(18)28)27-15-8-4-5-9-16(15)32-11-14-6-2-1-3-7-14/h1-3,6-7,12-13,15-17,19-20,23,29-31H,4-5,8-11H2,(H,24,25,27)/t15-,16?,17?,19+,20+,23?/m0/s1. The maximum absolute atomic E-state index is 10.4. The van der Waals surface area contributed by atoms with Crippen molar-refractivity contribution in [1.29, 1.82) is 0 Å². The number of benzene rings is 1. The summed E-state index contributed by atoms with van der Waals surface area (Å²) in [6, 6.07) is 10.2. The number of aromatic nitrogens is 4. The number of hydrogen-bond donors (Lipinski definition) is 4. The van der Waals surface area contributed by atoms with Crippen LogP contribution in [0.5, 0.6) is 0 Å². The number of nitrogens with zero attached hydrogens (tertiary/aromatic N) is 4. The molecule has 6 atom stereocenters. The first-order valence-electron chi connectivity index (χ1n) is 11.4. The zero-order chi connectivity index (χ0) is 22.8. The zero-order valence-electron chi connectivity index (χ0n) is 18.2. The van der Waals surface area contributed by atoms with Crippen molar-refractivity contribution in [3.05, 3.63) is 48.5 Å². The molecule has 2 aliphatic rings. The van der Waals surface area contributed by atoms with E-state index in [0.717, 1.165) is 31.2 Å². The molecule has 1 aliphatic heterocycles. The van der Waals surface area contributed by atoms with Gasteiger partial charge >= 0.3 is 0 Å². The Bertz CT molecular complexity index is 1060. The molecule has 2 aromatic heterocycles. The highest BCUT2D eigenvalue weighted by Crippen LogP contribution is 2.33. The van der Waals surface area contributed by atoms with Crippen LogP contribution in [0.3, 0.4) is 0 Å². The second-order valence-electron chi connectivity index (χ2n) is 8.65. The van der Waals surface area contributed by atoms with Gasteiger partial charge in [0, 0.05) is 0 Å². The van der Waals surface area contributed by atoms with Crippen molar-refractivity contribution in [3.63, 3.8) is 0 Å². The van der Waals surface area contributed by atoms with E-state index in [-0.39, 0.29) is 12.1 Å². The second-order valence-corrected chi connectivity index (χ2v) is 8.65. The Morgan fingerprint density at radius 2 is 1.88 bits per heavy atom. The van der Waals surface area contributed by atoms with Gasteiger partial charge in [-0.05, 0) is 18.4 Å². The second kappa shape index (κ2) is 9.70. The summed E-state index contributed by atoms with van der Waals surface area (Å²) in [5, 5.41) is 33.4. The van der Waals surface area contributed by atoms with E-state index in [4.69, 9.17) is 9.47 Å².